The molecule has 0 amide bonds. The zero-order valence-electron chi connectivity index (χ0n) is 11.3. The fourth-order valence-electron chi connectivity index (χ4n) is 2.24. The van der Waals surface area contributed by atoms with E-state index in [0.717, 1.165) is 5.56 Å². The topological polar surface area (TPSA) is 68.4 Å². The number of halogens is 1. The van der Waals surface area contributed by atoms with Crippen LogP contribution in [0.4, 0.5) is 4.39 Å². The van der Waals surface area contributed by atoms with Crippen molar-refractivity contribution in [1.82, 2.24) is 4.90 Å². The Kier molecular flexibility index (Phi) is 3.65. The van der Waals surface area contributed by atoms with Gasteiger partial charge < -0.3 is 14.0 Å². The first-order chi connectivity index (χ1) is 10.0. The van der Waals surface area contributed by atoms with Crippen molar-refractivity contribution in [2.75, 3.05) is 20.1 Å². The summed E-state index contributed by atoms with van der Waals surface area (Å²) in [6.07, 6.45) is -0.367. The number of ether oxygens (including phenoxy) is 1. The van der Waals surface area contributed by atoms with E-state index in [1.807, 2.05) is 0 Å². The number of benzene rings is 1. The monoisotopic (exact) mass is 293 g/mol. The summed E-state index contributed by atoms with van der Waals surface area (Å²) in [4.78, 5) is 24.8. The average molecular weight is 293 g/mol. The lowest BCUT2D eigenvalue weighted by molar-refractivity contribution is -0.145. The maximum Gasteiger partial charge on any atom is 0.632 e. The van der Waals surface area contributed by atoms with E-state index in [2.05, 4.69) is 0 Å². The first-order valence-corrected chi connectivity index (χ1v) is 6.51. The molecule has 110 valence electrons. The van der Waals surface area contributed by atoms with Crippen LogP contribution in [-0.2, 0) is 23.6 Å². The molecule has 0 aromatic heterocycles. The molecular formula is C13H13BFNO5. The quantitative estimate of drug-likeness (QED) is 0.578. The van der Waals surface area contributed by atoms with Crippen LogP contribution in [0.2, 0.25) is 0 Å². The van der Waals surface area contributed by atoms with Crippen LogP contribution < -0.4 is 0 Å². The second kappa shape index (κ2) is 5.46. The highest BCUT2D eigenvalue weighted by atomic mass is 19.1. The Bertz CT molecular complexity index is 546. The zero-order valence-corrected chi connectivity index (χ0v) is 11.3. The SMILES string of the molecule is CN1CC(=O)OB([C@H]2O[C@@H]2c2ccc(F)cc2)OC(=O)C1. The second-order valence-electron chi connectivity index (χ2n) is 5.09. The molecule has 21 heavy (non-hydrogen) atoms. The van der Waals surface area contributed by atoms with Gasteiger partial charge in [-0.3, -0.25) is 14.5 Å². The molecule has 2 fully saturated rings. The lowest BCUT2D eigenvalue weighted by Crippen LogP contribution is -2.45. The summed E-state index contributed by atoms with van der Waals surface area (Å²) in [5, 5.41) is 0. The number of carbonyl (C=O) groups excluding carboxylic acids is 2. The number of likely N-dealkylation sites (N-methyl/N-ethyl adjacent to an activating group) is 1. The first-order valence-electron chi connectivity index (χ1n) is 6.51. The molecule has 2 aliphatic rings. The summed E-state index contributed by atoms with van der Waals surface area (Å²) in [6.45, 7) is 0.0269. The third kappa shape index (κ3) is 3.22. The van der Waals surface area contributed by atoms with Gasteiger partial charge in [-0.25, -0.2) is 4.39 Å². The van der Waals surface area contributed by atoms with E-state index < -0.39 is 25.1 Å². The largest absolute Gasteiger partial charge is 0.632 e. The molecule has 0 radical (unpaired) electrons. The number of rotatable bonds is 2. The smallest absolute Gasteiger partial charge is 0.496 e. The van der Waals surface area contributed by atoms with Crippen LogP contribution in [-0.4, -0.2) is 50.1 Å². The van der Waals surface area contributed by atoms with E-state index in [0.29, 0.717) is 0 Å². The van der Waals surface area contributed by atoms with Crippen molar-refractivity contribution in [1.29, 1.82) is 0 Å². The molecule has 0 aliphatic carbocycles. The third-order valence-electron chi connectivity index (χ3n) is 3.29. The number of nitrogens with zero attached hydrogens (tertiary/aromatic N) is 1. The fourth-order valence-corrected chi connectivity index (χ4v) is 2.24. The van der Waals surface area contributed by atoms with Crippen LogP contribution in [0.1, 0.15) is 11.7 Å². The molecule has 0 bridgehead atoms. The summed E-state index contributed by atoms with van der Waals surface area (Å²) in [7, 11) is 0.561. The van der Waals surface area contributed by atoms with Crippen molar-refractivity contribution in [2.45, 2.75) is 12.1 Å². The van der Waals surface area contributed by atoms with Crippen LogP contribution in [0.3, 0.4) is 0 Å². The number of hydrogen-bond donors (Lipinski definition) is 0. The standard InChI is InChI=1S/C13H13BFNO5/c1-16-6-10(17)20-14(21-11(18)7-16)13-12(19-13)8-2-4-9(15)5-3-8/h2-5,12-13H,6-7H2,1H3/t12-,13+/m1/s1. The molecule has 6 nitrogen and oxygen atoms in total. The Morgan fingerprint density at radius 2 is 1.71 bits per heavy atom. The molecule has 1 aromatic rings. The van der Waals surface area contributed by atoms with E-state index in [4.69, 9.17) is 14.0 Å². The van der Waals surface area contributed by atoms with Gasteiger partial charge in [0.05, 0.1) is 13.1 Å². The highest BCUT2D eigenvalue weighted by Crippen LogP contribution is 2.40. The minimum Gasteiger partial charge on any atom is -0.496 e. The van der Waals surface area contributed by atoms with Gasteiger partial charge in [-0.05, 0) is 24.7 Å². The van der Waals surface area contributed by atoms with Crippen molar-refractivity contribution >= 4 is 19.1 Å². The van der Waals surface area contributed by atoms with Crippen molar-refractivity contribution < 1.29 is 28.0 Å². The summed E-state index contributed by atoms with van der Waals surface area (Å²) in [5.74, 6) is -1.31. The van der Waals surface area contributed by atoms with Gasteiger partial charge in [0.15, 0.2) is 6.00 Å². The molecule has 0 unspecified atom stereocenters. The zero-order chi connectivity index (χ0) is 15.0. The highest BCUT2D eigenvalue weighted by molar-refractivity contribution is 6.51. The van der Waals surface area contributed by atoms with Crippen LogP contribution in [0.5, 0.6) is 0 Å². The van der Waals surface area contributed by atoms with Crippen molar-refractivity contribution in [3.05, 3.63) is 35.6 Å². The highest BCUT2D eigenvalue weighted by Gasteiger charge is 2.56. The number of hydrogen-bond acceptors (Lipinski definition) is 6. The van der Waals surface area contributed by atoms with Crippen LogP contribution in [0, 0.1) is 5.82 Å². The van der Waals surface area contributed by atoms with Gasteiger partial charge in [0.25, 0.3) is 0 Å². The normalized spacial score (nSPS) is 26.7. The van der Waals surface area contributed by atoms with E-state index in [1.165, 1.54) is 17.0 Å². The Balaban J connectivity index is 1.68. The summed E-state index contributed by atoms with van der Waals surface area (Å²) >= 11 is 0. The van der Waals surface area contributed by atoms with Gasteiger partial charge in [-0.15, -0.1) is 0 Å². The van der Waals surface area contributed by atoms with E-state index in [9.17, 15) is 14.0 Å². The summed E-state index contributed by atoms with van der Waals surface area (Å²) < 4.78 is 28.5. The molecule has 3 rings (SSSR count). The third-order valence-corrected chi connectivity index (χ3v) is 3.29. The molecule has 0 spiro atoms. The van der Waals surface area contributed by atoms with Crippen molar-refractivity contribution in [3.63, 3.8) is 0 Å². The Morgan fingerprint density at radius 1 is 1.14 bits per heavy atom. The summed E-state index contributed by atoms with van der Waals surface area (Å²) in [5.41, 5.74) is 0.743. The lowest BCUT2D eigenvalue weighted by Gasteiger charge is -2.21. The molecule has 0 saturated carbocycles. The Morgan fingerprint density at radius 3 is 2.29 bits per heavy atom. The molecular weight excluding hydrogens is 280 g/mol. The summed E-state index contributed by atoms with van der Waals surface area (Å²) in [6, 6.07) is 5.26. The van der Waals surface area contributed by atoms with E-state index in [-0.39, 0.29) is 25.0 Å². The fraction of sp³-hybridized carbons (Fsp3) is 0.385. The minimum atomic E-state index is -1.06. The molecule has 2 aliphatic heterocycles. The first kappa shape index (κ1) is 14.0. The van der Waals surface area contributed by atoms with Gasteiger partial charge in [0.2, 0.25) is 0 Å². The molecule has 1 aromatic carbocycles. The van der Waals surface area contributed by atoms with Gasteiger partial charge in [0.1, 0.15) is 11.9 Å². The molecule has 2 heterocycles. The number of epoxide rings is 1. The maximum atomic E-state index is 12.9. The Hall–Kier alpha value is -1.93. The molecule has 2 saturated heterocycles. The average Bonchev–Trinajstić information content (AvgIpc) is 3.17. The van der Waals surface area contributed by atoms with Crippen molar-refractivity contribution in [2.24, 2.45) is 0 Å². The second-order valence-corrected chi connectivity index (χ2v) is 5.09. The molecule has 8 heteroatoms. The van der Waals surface area contributed by atoms with Gasteiger partial charge in [0, 0.05) is 0 Å². The minimum absolute atomic E-state index is 0.0134. The van der Waals surface area contributed by atoms with E-state index in [1.54, 1.807) is 19.2 Å². The van der Waals surface area contributed by atoms with Crippen molar-refractivity contribution in [3.8, 4) is 0 Å². The molecule has 2 atom stereocenters. The predicted octanol–water partition coefficient (Wildman–Crippen LogP) is 0.325. The molecule has 0 N–H and O–H groups in total. The van der Waals surface area contributed by atoms with Gasteiger partial charge in [-0.2, -0.15) is 0 Å². The lowest BCUT2D eigenvalue weighted by atomic mass is 9.80. The number of carbonyl (C=O) groups is 2. The maximum absolute atomic E-state index is 12.9. The van der Waals surface area contributed by atoms with Crippen LogP contribution in [0.25, 0.3) is 0 Å². The predicted molar refractivity (Wildman–Crippen MR) is 69.4 cm³/mol. The van der Waals surface area contributed by atoms with Gasteiger partial charge >= 0.3 is 19.1 Å². The Labute approximate surface area is 120 Å². The van der Waals surface area contributed by atoms with Crippen LogP contribution in [0.15, 0.2) is 24.3 Å². The van der Waals surface area contributed by atoms with Crippen LogP contribution >= 0.6 is 0 Å². The van der Waals surface area contributed by atoms with Gasteiger partial charge in [-0.1, -0.05) is 12.1 Å². The van der Waals surface area contributed by atoms with E-state index >= 15 is 0 Å².